The molecule has 6 nitrogen and oxygen atoms in total. The molecule has 0 N–H and O–H groups in total. The van der Waals surface area contributed by atoms with Gasteiger partial charge in [0.25, 0.3) is 0 Å². The SMILES string of the molecule is CCCCC/C=C\CCCCCCCC(=O)OCC(COC(=O)CCCCCCCCC/C=C\CCCCCCCCCC)OC(=O)CC/C=C\C/C=C\CCCCCCCC. The van der Waals surface area contributed by atoms with Crippen molar-refractivity contribution in [2.75, 3.05) is 13.2 Å². The molecule has 0 saturated heterocycles. The maximum atomic E-state index is 12.7. The van der Waals surface area contributed by atoms with Crippen molar-refractivity contribution in [3.8, 4) is 0 Å². The summed E-state index contributed by atoms with van der Waals surface area (Å²) in [7, 11) is 0. The van der Waals surface area contributed by atoms with Crippen molar-refractivity contribution in [1.29, 1.82) is 0 Å². The van der Waals surface area contributed by atoms with Crippen LogP contribution in [0.15, 0.2) is 48.6 Å². The van der Waals surface area contributed by atoms with Crippen LogP contribution in [-0.4, -0.2) is 37.2 Å². The second-order valence-corrected chi connectivity index (χ2v) is 17.8. The fourth-order valence-corrected chi connectivity index (χ4v) is 7.48. The summed E-state index contributed by atoms with van der Waals surface area (Å²) in [5.74, 6) is -0.975. The van der Waals surface area contributed by atoms with Crippen LogP contribution in [0.2, 0.25) is 0 Å². The van der Waals surface area contributed by atoms with E-state index in [1.165, 1.54) is 167 Å². The molecule has 0 aromatic rings. The lowest BCUT2D eigenvalue weighted by molar-refractivity contribution is -0.166. The van der Waals surface area contributed by atoms with Gasteiger partial charge in [-0.1, -0.05) is 211 Å². The minimum absolute atomic E-state index is 0.0995. The molecule has 0 saturated carbocycles. The van der Waals surface area contributed by atoms with E-state index in [2.05, 4.69) is 63.3 Å². The zero-order chi connectivity index (χ0) is 45.1. The van der Waals surface area contributed by atoms with Gasteiger partial charge in [-0.2, -0.15) is 0 Å². The number of carbonyl (C=O) groups excluding carboxylic acids is 3. The minimum atomic E-state index is -0.806. The summed E-state index contributed by atoms with van der Waals surface area (Å²) in [4.78, 5) is 37.9. The van der Waals surface area contributed by atoms with Crippen molar-refractivity contribution in [2.45, 2.75) is 277 Å². The first-order chi connectivity index (χ1) is 30.5. The van der Waals surface area contributed by atoms with Crippen LogP contribution in [0.4, 0.5) is 0 Å². The molecule has 0 amide bonds. The third-order valence-corrected chi connectivity index (χ3v) is 11.5. The highest BCUT2D eigenvalue weighted by atomic mass is 16.6. The van der Waals surface area contributed by atoms with Gasteiger partial charge in [0.15, 0.2) is 6.10 Å². The Labute approximate surface area is 384 Å². The van der Waals surface area contributed by atoms with E-state index in [9.17, 15) is 14.4 Å². The molecule has 0 radical (unpaired) electrons. The first-order valence-electron chi connectivity index (χ1n) is 26.6. The van der Waals surface area contributed by atoms with Gasteiger partial charge in [0.05, 0.1) is 0 Å². The number of rotatable bonds is 48. The number of unbranched alkanes of at least 4 members (excludes halogenated alkanes) is 29. The Morgan fingerprint density at radius 1 is 0.323 bits per heavy atom. The van der Waals surface area contributed by atoms with Gasteiger partial charge >= 0.3 is 17.9 Å². The average Bonchev–Trinajstić information content (AvgIpc) is 3.27. The quantitative estimate of drug-likeness (QED) is 0.0262. The molecule has 62 heavy (non-hydrogen) atoms. The minimum Gasteiger partial charge on any atom is -0.462 e. The molecule has 6 heteroatoms. The molecule has 0 aliphatic heterocycles. The van der Waals surface area contributed by atoms with E-state index in [0.29, 0.717) is 19.3 Å². The van der Waals surface area contributed by atoms with Crippen LogP contribution < -0.4 is 0 Å². The molecule has 0 aromatic carbocycles. The van der Waals surface area contributed by atoms with Crippen LogP contribution in [0.3, 0.4) is 0 Å². The van der Waals surface area contributed by atoms with Crippen LogP contribution in [-0.2, 0) is 28.6 Å². The second-order valence-electron chi connectivity index (χ2n) is 17.8. The van der Waals surface area contributed by atoms with E-state index in [1.54, 1.807) is 0 Å². The first-order valence-corrected chi connectivity index (χ1v) is 26.6. The Morgan fingerprint density at radius 2 is 0.613 bits per heavy atom. The number of allylic oxidation sites excluding steroid dienone is 8. The van der Waals surface area contributed by atoms with Gasteiger partial charge in [-0.3, -0.25) is 14.4 Å². The lowest BCUT2D eigenvalue weighted by atomic mass is 10.1. The molecule has 1 atom stereocenters. The standard InChI is InChI=1S/C56H100O6/c1-4-7-10-13-16-19-22-25-26-27-28-29-30-32-34-37-40-43-46-49-55(58)61-52-53(51-60-54(57)48-45-42-39-36-33-24-21-18-15-12-9-6-3)62-56(59)50-47-44-41-38-35-31-23-20-17-14-11-8-5-2/h18,21,27-28,31,35,41,44,53H,4-17,19-20,22-26,29-30,32-34,36-40,42-43,45-52H2,1-3H3/b21-18-,28-27-,35-31-,44-41-. The van der Waals surface area contributed by atoms with E-state index in [0.717, 1.165) is 57.8 Å². The van der Waals surface area contributed by atoms with E-state index in [4.69, 9.17) is 14.2 Å². The van der Waals surface area contributed by atoms with Crippen LogP contribution in [0.5, 0.6) is 0 Å². The smallest absolute Gasteiger partial charge is 0.306 e. The fourth-order valence-electron chi connectivity index (χ4n) is 7.48. The lowest BCUT2D eigenvalue weighted by Gasteiger charge is -2.18. The molecule has 0 bridgehead atoms. The molecule has 0 rings (SSSR count). The number of hydrogen-bond donors (Lipinski definition) is 0. The third kappa shape index (κ3) is 48.4. The summed E-state index contributed by atoms with van der Waals surface area (Å²) >= 11 is 0. The Morgan fingerprint density at radius 3 is 1.00 bits per heavy atom. The normalized spacial score (nSPS) is 12.4. The molecule has 0 aliphatic carbocycles. The van der Waals surface area contributed by atoms with Crippen LogP contribution in [0, 0.1) is 0 Å². The van der Waals surface area contributed by atoms with Crippen LogP contribution in [0.25, 0.3) is 0 Å². The Kier molecular flexibility index (Phi) is 48.8. The van der Waals surface area contributed by atoms with Gasteiger partial charge in [-0.05, 0) is 89.9 Å². The van der Waals surface area contributed by atoms with Crippen molar-refractivity contribution in [3.63, 3.8) is 0 Å². The Bertz CT molecular complexity index is 1090. The highest BCUT2D eigenvalue weighted by Crippen LogP contribution is 2.14. The maximum absolute atomic E-state index is 12.7. The first kappa shape index (κ1) is 59.4. The van der Waals surface area contributed by atoms with Gasteiger partial charge in [-0.25, -0.2) is 0 Å². The highest BCUT2D eigenvalue weighted by Gasteiger charge is 2.19. The van der Waals surface area contributed by atoms with Crippen molar-refractivity contribution >= 4 is 17.9 Å². The summed E-state index contributed by atoms with van der Waals surface area (Å²) in [5, 5.41) is 0. The van der Waals surface area contributed by atoms with Crippen LogP contribution >= 0.6 is 0 Å². The van der Waals surface area contributed by atoms with Gasteiger partial charge in [-0.15, -0.1) is 0 Å². The van der Waals surface area contributed by atoms with Gasteiger partial charge < -0.3 is 14.2 Å². The Hall–Kier alpha value is -2.63. The van der Waals surface area contributed by atoms with Gasteiger partial charge in [0.2, 0.25) is 0 Å². The molecule has 0 aromatic heterocycles. The molecular weight excluding hydrogens is 769 g/mol. The summed E-state index contributed by atoms with van der Waals surface area (Å²) < 4.78 is 16.7. The van der Waals surface area contributed by atoms with Crippen molar-refractivity contribution < 1.29 is 28.6 Å². The Balaban J connectivity index is 4.38. The second kappa shape index (κ2) is 51.0. The van der Waals surface area contributed by atoms with Gasteiger partial charge in [0.1, 0.15) is 13.2 Å². The molecule has 0 aliphatic rings. The van der Waals surface area contributed by atoms with Crippen molar-refractivity contribution in [2.24, 2.45) is 0 Å². The summed E-state index contributed by atoms with van der Waals surface area (Å²) in [6.07, 6.45) is 61.1. The van der Waals surface area contributed by atoms with Crippen LogP contribution in [0.1, 0.15) is 271 Å². The average molecular weight is 869 g/mol. The third-order valence-electron chi connectivity index (χ3n) is 11.5. The summed E-state index contributed by atoms with van der Waals surface area (Å²) in [5.41, 5.74) is 0. The van der Waals surface area contributed by atoms with E-state index < -0.39 is 6.10 Å². The van der Waals surface area contributed by atoms with Crippen molar-refractivity contribution in [3.05, 3.63) is 48.6 Å². The fraction of sp³-hybridized carbons (Fsp3) is 0.804. The monoisotopic (exact) mass is 869 g/mol. The predicted octanol–water partition coefficient (Wildman–Crippen LogP) is 17.5. The number of ether oxygens (including phenoxy) is 3. The number of carbonyl (C=O) groups is 3. The van der Waals surface area contributed by atoms with E-state index in [-0.39, 0.29) is 37.5 Å². The maximum Gasteiger partial charge on any atom is 0.306 e. The van der Waals surface area contributed by atoms with E-state index >= 15 is 0 Å². The molecule has 0 heterocycles. The predicted molar refractivity (Wildman–Crippen MR) is 265 cm³/mol. The highest BCUT2D eigenvalue weighted by molar-refractivity contribution is 5.71. The number of esters is 3. The van der Waals surface area contributed by atoms with Gasteiger partial charge in [0, 0.05) is 19.3 Å². The topological polar surface area (TPSA) is 78.9 Å². The zero-order valence-corrected chi connectivity index (χ0v) is 41.1. The molecular formula is C56H100O6. The molecule has 0 fully saturated rings. The largest absolute Gasteiger partial charge is 0.462 e. The molecule has 1 unspecified atom stereocenters. The number of hydrogen-bond acceptors (Lipinski definition) is 6. The summed E-state index contributed by atoms with van der Waals surface area (Å²) in [6, 6.07) is 0. The zero-order valence-electron chi connectivity index (χ0n) is 41.1. The van der Waals surface area contributed by atoms with E-state index in [1.807, 2.05) is 6.08 Å². The lowest BCUT2D eigenvalue weighted by Crippen LogP contribution is -2.30. The molecule has 0 spiro atoms. The summed E-state index contributed by atoms with van der Waals surface area (Å²) in [6.45, 7) is 6.56. The molecule has 360 valence electrons. The van der Waals surface area contributed by atoms with Crippen molar-refractivity contribution in [1.82, 2.24) is 0 Å².